The number of phenols is 1. The first-order chi connectivity index (χ1) is 21.3. The highest BCUT2D eigenvalue weighted by Crippen LogP contribution is 2.41. The third kappa shape index (κ3) is 6.57. The van der Waals surface area contributed by atoms with Gasteiger partial charge in [-0.1, -0.05) is 54.6 Å². The third-order valence-corrected chi connectivity index (χ3v) is 7.68. The first kappa shape index (κ1) is 30.3. The molecule has 226 valence electrons. The number of carbonyl (C=O) groups excluding carboxylic acids is 2. The highest BCUT2D eigenvalue weighted by atomic mass is 19.1. The van der Waals surface area contributed by atoms with Crippen molar-refractivity contribution in [3.8, 4) is 5.75 Å². The summed E-state index contributed by atoms with van der Waals surface area (Å²) in [5.41, 5.74) is 1.61. The maximum Gasteiger partial charge on any atom is 0.417 e. The van der Waals surface area contributed by atoms with Crippen LogP contribution in [-0.2, 0) is 9.53 Å². The minimum Gasteiger partial charge on any atom is -0.508 e. The number of aliphatic hydroxyl groups is 1. The number of aromatic hydroxyl groups is 1. The SMILES string of the molecule is O=NN(c1ccc(F)cc1)[C@H](c1ccc(O)cc1)[C@@H](CC[C@H](O)c1ccc(F)cc1)C(=O)N1C(=O)OC[C@@H]1c1ccccc1. The summed E-state index contributed by atoms with van der Waals surface area (Å²) in [7, 11) is 0. The van der Waals surface area contributed by atoms with Crippen molar-refractivity contribution < 1.29 is 33.3 Å². The molecule has 1 heterocycles. The van der Waals surface area contributed by atoms with Gasteiger partial charge in [0.15, 0.2) is 0 Å². The topological polar surface area (TPSA) is 120 Å². The molecule has 5 rings (SSSR count). The molecule has 0 radical (unpaired) electrons. The Labute approximate surface area is 251 Å². The fourth-order valence-electron chi connectivity index (χ4n) is 5.44. The highest BCUT2D eigenvalue weighted by molar-refractivity contribution is 5.95. The lowest BCUT2D eigenvalue weighted by molar-refractivity contribution is -0.134. The summed E-state index contributed by atoms with van der Waals surface area (Å²) >= 11 is 0. The fraction of sp³-hybridized carbons (Fsp3) is 0.212. The van der Waals surface area contributed by atoms with E-state index in [9.17, 15) is 33.5 Å². The molecule has 0 saturated carbocycles. The number of ether oxygens (including phenoxy) is 1. The van der Waals surface area contributed by atoms with E-state index in [1.54, 1.807) is 30.3 Å². The minimum atomic E-state index is -1.20. The third-order valence-electron chi connectivity index (χ3n) is 7.68. The van der Waals surface area contributed by atoms with Crippen LogP contribution in [-0.4, -0.2) is 33.7 Å². The summed E-state index contributed by atoms with van der Waals surface area (Å²) < 4.78 is 32.7. The molecular weight excluding hydrogens is 572 g/mol. The summed E-state index contributed by atoms with van der Waals surface area (Å²) in [6, 6.07) is 22.9. The Kier molecular flexibility index (Phi) is 9.25. The van der Waals surface area contributed by atoms with Crippen LogP contribution in [0.5, 0.6) is 5.75 Å². The summed E-state index contributed by atoms with van der Waals surface area (Å²) in [4.78, 5) is 41.1. The van der Waals surface area contributed by atoms with Crippen LogP contribution in [0.25, 0.3) is 0 Å². The fourth-order valence-corrected chi connectivity index (χ4v) is 5.44. The molecule has 2 amide bonds. The van der Waals surface area contributed by atoms with Gasteiger partial charge in [0, 0.05) is 0 Å². The molecule has 11 heteroatoms. The Balaban J connectivity index is 1.59. The summed E-state index contributed by atoms with van der Waals surface area (Å²) in [5, 5.41) is 25.2. The maximum atomic E-state index is 14.5. The zero-order valence-corrected chi connectivity index (χ0v) is 23.4. The number of aliphatic hydroxyl groups excluding tert-OH is 1. The molecule has 0 bridgehead atoms. The zero-order chi connectivity index (χ0) is 31.2. The van der Waals surface area contributed by atoms with E-state index in [-0.39, 0.29) is 30.9 Å². The number of nitrogens with zero attached hydrogens (tertiary/aromatic N) is 3. The van der Waals surface area contributed by atoms with Gasteiger partial charge in [-0.25, -0.2) is 23.5 Å². The van der Waals surface area contributed by atoms with E-state index >= 15 is 0 Å². The van der Waals surface area contributed by atoms with Crippen molar-refractivity contribution in [2.75, 3.05) is 11.6 Å². The molecule has 0 spiro atoms. The lowest BCUT2D eigenvalue weighted by Crippen LogP contribution is -2.44. The van der Waals surface area contributed by atoms with Crippen LogP contribution >= 0.6 is 0 Å². The largest absolute Gasteiger partial charge is 0.508 e. The van der Waals surface area contributed by atoms with Gasteiger partial charge in [0.25, 0.3) is 0 Å². The van der Waals surface area contributed by atoms with Crippen molar-refractivity contribution in [3.63, 3.8) is 0 Å². The van der Waals surface area contributed by atoms with Crippen LogP contribution in [0.15, 0.2) is 108 Å². The number of hydrogen-bond acceptors (Lipinski definition) is 7. The van der Waals surface area contributed by atoms with Crippen molar-refractivity contribution in [2.45, 2.75) is 31.0 Å². The molecule has 44 heavy (non-hydrogen) atoms. The lowest BCUT2D eigenvalue weighted by atomic mass is 9.85. The number of phenolic OH excluding ortho intramolecular Hbond substituents is 1. The second kappa shape index (κ2) is 13.4. The van der Waals surface area contributed by atoms with Gasteiger partial charge in [-0.2, -0.15) is 0 Å². The maximum absolute atomic E-state index is 14.5. The van der Waals surface area contributed by atoms with Crippen LogP contribution in [0.1, 0.15) is 47.7 Å². The Morgan fingerprint density at radius 1 is 0.886 bits per heavy atom. The standard InChI is InChI=1S/C33H29F2N3O6/c34-24-10-6-22(7-11-24)30(40)19-18-28(32(41)37-29(20-44-33(37)42)21-4-2-1-3-5-21)31(23-8-16-27(39)17-9-23)38(36-43)26-14-12-25(35)13-15-26/h1-17,28-31,39-40H,18-20H2/t28-,29-,30+,31-/m1/s1. The number of hydrogen-bond donors (Lipinski definition) is 2. The van der Waals surface area contributed by atoms with Crippen molar-refractivity contribution >= 4 is 17.7 Å². The number of rotatable bonds is 11. The summed E-state index contributed by atoms with van der Waals surface area (Å²) in [5.74, 6) is -2.99. The Morgan fingerprint density at radius 3 is 2.09 bits per heavy atom. The Morgan fingerprint density at radius 2 is 1.48 bits per heavy atom. The number of benzene rings is 4. The van der Waals surface area contributed by atoms with Crippen molar-refractivity contribution in [1.82, 2.24) is 4.90 Å². The second-order valence-corrected chi connectivity index (χ2v) is 10.4. The molecule has 9 nitrogen and oxygen atoms in total. The molecule has 4 atom stereocenters. The van der Waals surface area contributed by atoms with Gasteiger partial charge in [-0.15, -0.1) is 4.91 Å². The van der Waals surface area contributed by atoms with Gasteiger partial charge < -0.3 is 14.9 Å². The summed E-state index contributed by atoms with van der Waals surface area (Å²) in [6.45, 7) is -0.0863. The average Bonchev–Trinajstić information content (AvgIpc) is 3.43. The molecule has 1 aliphatic heterocycles. The average molecular weight is 602 g/mol. The van der Waals surface area contributed by atoms with Crippen LogP contribution in [0.4, 0.5) is 19.3 Å². The molecule has 2 N–H and O–H groups in total. The first-order valence-electron chi connectivity index (χ1n) is 13.9. The number of cyclic esters (lactones) is 1. The van der Waals surface area contributed by atoms with Crippen molar-refractivity contribution in [1.29, 1.82) is 0 Å². The second-order valence-electron chi connectivity index (χ2n) is 10.4. The minimum absolute atomic E-state index is 0.0222. The van der Waals surface area contributed by atoms with E-state index in [1.165, 1.54) is 60.7 Å². The lowest BCUT2D eigenvalue weighted by Gasteiger charge is -2.35. The van der Waals surface area contributed by atoms with Gasteiger partial charge in [-0.3, -0.25) is 4.79 Å². The molecule has 4 aromatic rings. The number of amides is 2. The quantitative estimate of drug-likeness (QED) is 0.144. The van der Waals surface area contributed by atoms with E-state index in [4.69, 9.17) is 4.74 Å². The van der Waals surface area contributed by atoms with Crippen LogP contribution in [0.3, 0.4) is 0 Å². The first-order valence-corrected chi connectivity index (χ1v) is 13.9. The predicted octanol–water partition coefficient (Wildman–Crippen LogP) is 6.75. The monoisotopic (exact) mass is 601 g/mol. The Bertz CT molecular complexity index is 1590. The van der Waals surface area contributed by atoms with Gasteiger partial charge in [0.05, 0.1) is 29.0 Å². The van der Waals surface area contributed by atoms with Crippen LogP contribution < -0.4 is 5.01 Å². The number of anilines is 1. The van der Waals surface area contributed by atoms with E-state index in [2.05, 4.69) is 5.29 Å². The number of nitroso groups, excluding NO2 is 1. The zero-order valence-electron chi connectivity index (χ0n) is 23.4. The number of carbonyl (C=O) groups is 2. The molecule has 0 unspecified atom stereocenters. The van der Waals surface area contributed by atoms with E-state index < -0.39 is 47.7 Å². The predicted molar refractivity (Wildman–Crippen MR) is 157 cm³/mol. The molecule has 1 aliphatic rings. The summed E-state index contributed by atoms with van der Waals surface area (Å²) in [6.07, 6.45) is -2.08. The molecule has 0 aliphatic carbocycles. The Hall–Kier alpha value is -5.16. The number of halogens is 2. The smallest absolute Gasteiger partial charge is 0.417 e. The van der Waals surface area contributed by atoms with Gasteiger partial charge in [0.1, 0.15) is 30.0 Å². The van der Waals surface area contributed by atoms with E-state index in [0.29, 0.717) is 16.7 Å². The molecule has 1 fully saturated rings. The van der Waals surface area contributed by atoms with Gasteiger partial charge >= 0.3 is 6.09 Å². The van der Waals surface area contributed by atoms with Gasteiger partial charge in [-0.05, 0) is 78.1 Å². The highest BCUT2D eigenvalue weighted by Gasteiger charge is 2.46. The number of imide groups is 1. The molecule has 4 aromatic carbocycles. The van der Waals surface area contributed by atoms with Crippen molar-refractivity contribution in [3.05, 3.63) is 136 Å². The van der Waals surface area contributed by atoms with Gasteiger partial charge in [0.2, 0.25) is 5.91 Å². The van der Waals surface area contributed by atoms with E-state index in [1.807, 2.05) is 0 Å². The molecule has 0 aromatic heterocycles. The normalized spacial score (nSPS) is 16.6. The van der Waals surface area contributed by atoms with Crippen molar-refractivity contribution in [2.24, 2.45) is 11.2 Å². The molecular formula is C33H29F2N3O6. The van der Waals surface area contributed by atoms with Crippen LogP contribution in [0, 0.1) is 22.5 Å². The molecule has 1 saturated heterocycles. The van der Waals surface area contributed by atoms with E-state index in [0.717, 1.165) is 22.0 Å². The van der Waals surface area contributed by atoms with Crippen LogP contribution in [0.2, 0.25) is 0 Å².